The molecule has 1 saturated carbocycles. The van der Waals surface area contributed by atoms with Crippen molar-refractivity contribution in [3.63, 3.8) is 0 Å². The number of Topliss-reactive ketones (excluding diaryl/α,β-unsaturated/α-hetero) is 1. The molecule has 0 bridgehead atoms. The van der Waals surface area contributed by atoms with E-state index in [0.717, 1.165) is 25.7 Å². The van der Waals surface area contributed by atoms with Gasteiger partial charge in [-0.25, -0.2) is 0 Å². The summed E-state index contributed by atoms with van der Waals surface area (Å²) in [6.45, 7) is 0. The zero-order valence-electron chi connectivity index (χ0n) is 12.0. The van der Waals surface area contributed by atoms with E-state index in [2.05, 4.69) is 0 Å². The molecule has 21 heavy (non-hydrogen) atoms. The number of aliphatic carboxylic acids is 1. The van der Waals surface area contributed by atoms with Gasteiger partial charge in [-0.3, -0.25) is 9.59 Å². The first-order valence-corrected chi connectivity index (χ1v) is 7.42. The maximum Gasteiger partial charge on any atom is 0.303 e. The van der Waals surface area contributed by atoms with Crippen molar-refractivity contribution in [2.45, 2.75) is 38.5 Å². The predicted octanol–water partition coefficient (Wildman–Crippen LogP) is 3.96. The van der Waals surface area contributed by atoms with Gasteiger partial charge < -0.3 is 9.84 Å². The number of methoxy groups -OCH3 is 1. The SMILES string of the molecule is COc1ccc(Cl)cc1C(=O)CC1(CC(=O)O)CCCC1. The van der Waals surface area contributed by atoms with Crippen LogP contribution in [-0.4, -0.2) is 24.0 Å². The van der Waals surface area contributed by atoms with Crippen molar-refractivity contribution in [1.29, 1.82) is 0 Å². The van der Waals surface area contributed by atoms with Gasteiger partial charge >= 0.3 is 5.97 Å². The Balaban J connectivity index is 2.23. The molecule has 0 atom stereocenters. The number of rotatable bonds is 6. The van der Waals surface area contributed by atoms with E-state index in [1.807, 2.05) is 0 Å². The zero-order valence-corrected chi connectivity index (χ0v) is 12.8. The first-order valence-electron chi connectivity index (χ1n) is 7.04. The normalized spacial score (nSPS) is 16.7. The zero-order chi connectivity index (χ0) is 15.5. The molecule has 0 amide bonds. The third kappa shape index (κ3) is 3.76. The van der Waals surface area contributed by atoms with Gasteiger partial charge in [-0.05, 0) is 36.5 Å². The fourth-order valence-corrected chi connectivity index (χ4v) is 3.37. The van der Waals surface area contributed by atoms with E-state index >= 15 is 0 Å². The van der Waals surface area contributed by atoms with Crippen LogP contribution in [0, 0.1) is 5.41 Å². The van der Waals surface area contributed by atoms with Crippen LogP contribution in [0.4, 0.5) is 0 Å². The Morgan fingerprint density at radius 3 is 2.52 bits per heavy atom. The summed E-state index contributed by atoms with van der Waals surface area (Å²) in [4.78, 5) is 23.7. The quantitative estimate of drug-likeness (QED) is 0.808. The summed E-state index contributed by atoms with van der Waals surface area (Å²) in [5.41, 5.74) is 0.0117. The second kappa shape index (κ2) is 6.48. The minimum Gasteiger partial charge on any atom is -0.496 e. The highest BCUT2D eigenvalue weighted by atomic mass is 35.5. The van der Waals surface area contributed by atoms with Crippen molar-refractivity contribution in [1.82, 2.24) is 0 Å². The summed E-state index contributed by atoms with van der Waals surface area (Å²) in [7, 11) is 1.50. The number of ether oxygens (including phenoxy) is 1. The molecule has 1 fully saturated rings. The number of carbonyl (C=O) groups excluding carboxylic acids is 1. The lowest BCUT2D eigenvalue weighted by Gasteiger charge is -2.26. The Bertz CT molecular complexity index is 547. The molecule has 0 saturated heterocycles. The fourth-order valence-electron chi connectivity index (χ4n) is 3.20. The lowest BCUT2D eigenvalue weighted by molar-refractivity contribution is -0.139. The Kier molecular flexibility index (Phi) is 4.88. The lowest BCUT2D eigenvalue weighted by atomic mass is 9.77. The van der Waals surface area contributed by atoms with Crippen molar-refractivity contribution >= 4 is 23.4 Å². The Morgan fingerprint density at radius 2 is 1.95 bits per heavy atom. The van der Waals surface area contributed by atoms with Crippen LogP contribution in [0.1, 0.15) is 48.9 Å². The topological polar surface area (TPSA) is 63.6 Å². The van der Waals surface area contributed by atoms with Crippen LogP contribution in [0.25, 0.3) is 0 Å². The highest BCUT2D eigenvalue weighted by Crippen LogP contribution is 2.45. The third-order valence-corrected chi connectivity index (χ3v) is 4.42. The molecule has 114 valence electrons. The molecule has 0 radical (unpaired) electrons. The van der Waals surface area contributed by atoms with E-state index in [4.69, 9.17) is 21.4 Å². The second-order valence-corrected chi connectivity index (χ2v) is 6.16. The fraction of sp³-hybridized carbons (Fsp3) is 0.500. The van der Waals surface area contributed by atoms with E-state index in [9.17, 15) is 9.59 Å². The lowest BCUT2D eigenvalue weighted by Crippen LogP contribution is -2.25. The number of benzene rings is 1. The van der Waals surface area contributed by atoms with Gasteiger partial charge in [0.2, 0.25) is 0 Å². The Hall–Kier alpha value is -1.55. The molecule has 1 aliphatic carbocycles. The summed E-state index contributed by atoms with van der Waals surface area (Å²) in [6, 6.07) is 4.92. The monoisotopic (exact) mass is 310 g/mol. The number of halogens is 1. The molecule has 1 aliphatic rings. The van der Waals surface area contributed by atoms with Crippen LogP contribution in [0.15, 0.2) is 18.2 Å². The maximum atomic E-state index is 12.6. The number of hydrogen-bond acceptors (Lipinski definition) is 3. The molecular formula is C16H19ClO4. The van der Waals surface area contributed by atoms with Crippen LogP contribution in [0.2, 0.25) is 5.02 Å². The van der Waals surface area contributed by atoms with Crippen LogP contribution in [0.3, 0.4) is 0 Å². The van der Waals surface area contributed by atoms with E-state index in [0.29, 0.717) is 16.3 Å². The van der Waals surface area contributed by atoms with E-state index in [1.165, 1.54) is 7.11 Å². The molecule has 0 heterocycles. The molecule has 4 nitrogen and oxygen atoms in total. The van der Waals surface area contributed by atoms with Crippen LogP contribution in [0.5, 0.6) is 5.75 Å². The molecular weight excluding hydrogens is 292 g/mol. The standard InChI is InChI=1S/C16H19ClO4/c1-21-14-5-4-11(17)8-12(14)13(18)9-16(10-15(19)20)6-2-3-7-16/h4-5,8H,2-3,6-7,9-10H2,1H3,(H,19,20). The van der Waals surface area contributed by atoms with Crippen LogP contribution in [-0.2, 0) is 4.79 Å². The molecule has 0 unspecified atom stereocenters. The first-order chi connectivity index (χ1) is 9.96. The molecule has 1 N–H and O–H groups in total. The summed E-state index contributed by atoms with van der Waals surface area (Å²) in [5.74, 6) is -0.465. The van der Waals surface area contributed by atoms with Crippen LogP contribution < -0.4 is 4.74 Å². The summed E-state index contributed by atoms with van der Waals surface area (Å²) < 4.78 is 5.20. The second-order valence-electron chi connectivity index (χ2n) is 5.72. The minimum atomic E-state index is -0.845. The van der Waals surface area contributed by atoms with Crippen molar-refractivity contribution in [2.24, 2.45) is 5.41 Å². The number of carbonyl (C=O) groups is 2. The summed E-state index contributed by atoms with van der Waals surface area (Å²) in [5, 5.41) is 9.58. The molecule has 5 heteroatoms. The van der Waals surface area contributed by atoms with Gasteiger partial charge in [0.1, 0.15) is 5.75 Å². The van der Waals surface area contributed by atoms with Gasteiger partial charge in [-0.1, -0.05) is 24.4 Å². The number of ketones is 1. The van der Waals surface area contributed by atoms with Crippen LogP contribution >= 0.6 is 11.6 Å². The van der Waals surface area contributed by atoms with Crippen molar-refractivity contribution in [3.05, 3.63) is 28.8 Å². The molecule has 0 spiro atoms. The average Bonchev–Trinajstić information content (AvgIpc) is 2.85. The van der Waals surface area contributed by atoms with Gasteiger partial charge in [0.25, 0.3) is 0 Å². The van der Waals surface area contributed by atoms with Gasteiger partial charge in [-0.15, -0.1) is 0 Å². The molecule has 0 aromatic heterocycles. The highest BCUT2D eigenvalue weighted by Gasteiger charge is 2.38. The third-order valence-electron chi connectivity index (χ3n) is 4.19. The average molecular weight is 311 g/mol. The molecule has 1 aromatic rings. The Labute approximate surface area is 129 Å². The summed E-state index contributed by atoms with van der Waals surface area (Å²) >= 11 is 5.95. The predicted molar refractivity (Wildman–Crippen MR) is 80.1 cm³/mol. The number of carboxylic acids is 1. The smallest absolute Gasteiger partial charge is 0.303 e. The van der Waals surface area contributed by atoms with Gasteiger partial charge in [-0.2, -0.15) is 0 Å². The Morgan fingerprint density at radius 1 is 1.29 bits per heavy atom. The maximum absolute atomic E-state index is 12.6. The number of carboxylic acid groups (broad SMARTS) is 1. The van der Waals surface area contributed by atoms with Crippen molar-refractivity contribution in [3.8, 4) is 5.75 Å². The molecule has 2 rings (SSSR count). The van der Waals surface area contributed by atoms with Crippen molar-refractivity contribution in [2.75, 3.05) is 7.11 Å². The molecule has 1 aromatic carbocycles. The minimum absolute atomic E-state index is 0.0433. The van der Waals surface area contributed by atoms with E-state index in [1.54, 1.807) is 18.2 Å². The highest BCUT2D eigenvalue weighted by molar-refractivity contribution is 6.31. The van der Waals surface area contributed by atoms with Gasteiger partial charge in [0.05, 0.1) is 19.1 Å². The first kappa shape index (κ1) is 15.8. The largest absolute Gasteiger partial charge is 0.496 e. The van der Waals surface area contributed by atoms with Gasteiger partial charge in [0, 0.05) is 11.4 Å². The van der Waals surface area contributed by atoms with E-state index < -0.39 is 11.4 Å². The summed E-state index contributed by atoms with van der Waals surface area (Å²) in [6.07, 6.45) is 3.81. The number of hydrogen-bond donors (Lipinski definition) is 1. The van der Waals surface area contributed by atoms with Crippen molar-refractivity contribution < 1.29 is 19.4 Å². The molecule has 0 aliphatic heterocycles. The van der Waals surface area contributed by atoms with E-state index in [-0.39, 0.29) is 18.6 Å². The van der Waals surface area contributed by atoms with Gasteiger partial charge in [0.15, 0.2) is 5.78 Å².